The van der Waals surface area contributed by atoms with Crippen LogP contribution in [0.15, 0.2) is 145 Å². The van der Waals surface area contributed by atoms with Gasteiger partial charge in [-0.05, 0) is 172 Å². The summed E-state index contributed by atoms with van der Waals surface area (Å²) in [6.45, 7) is 16.5. The van der Waals surface area contributed by atoms with Crippen LogP contribution in [0.5, 0.6) is 0 Å². The predicted octanol–water partition coefficient (Wildman–Crippen LogP) is 13.1. The lowest BCUT2D eigenvalue weighted by Gasteiger charge is -2.56. The summed E-state index contributed by atoms with van der Waals surface area (Å²) in [5.74, 6) is 2.69. The number of fused-ring (bicyclic) bond motifs is 4. The Morgan fingerprint density at radius 1 is 0.427 bits per heavy atom. The molecule has 4 amide bonds. The van der Waals surface area contributed by atoms with E-state index in [0.717, 1.165) is 113 Å². The van der Waals surface area contributed by atoms with E-state index in [4.69, 9.17) is 18.9 Å². The summed E-state index contributed by atoms with van der Waals surface area (Å²) in [5.41, 5.74) is 1.79. The maximum Gasteiger partial charge on any atom is 0.237 e. The number of hydrogen-bond acceptors (Lipinski definition) is 12. The summed E-state index contributed by atoms with van der Waals surface area (Å²) in [4.78, 5) is 85.2. The number of alkyl halides is 1. The number of rotatable bonds is 11. The van der Waals surface area contributed by atoms with E-state index in [1.54, 1.807) is 12.2 Å². The number of piperidine rings is 4. The third-order valence-corrected chi connectivity index (χ3v) is 27.5. The van der Waals surface area contributed by atoms with Gasteiger partial charge in [0.2, 0.25) is 23.6 Å². The van der Waals surface area contributed by atoms with Gasteiger partial charge in [0, 0.05) is 87.7 Å². The zero-order chi connectivity index (χ0) is 71.9. The minimum atomic E-state index is -0.882. The molecule has 0 radical (unpaired) electrons. The van der Waals surface area contributed by atoms with Crippen LogP contribution in [-0.4, -0.2) is 139 Å². The molecule has 1 N–H and O–H groups in total. The summed E-state index contributed by atoms with van der Waals surface area (Å²) in [7, 11) is 0. The van der Waals surface area contributed by atoms with Crippen molar-refractivity contribution in [3.63, 3.8) is 0 Å². The Hall–Kier alpha value is -7.12. The Morgan fingerprint density at radius 2 is 0.767 bits per heavy atom. The summed E-state index contributed by atoms with van der Waals surface area (Å²) < 4.78 is 24.2. The molecule has 0 unspecified atom stereocenters. The van der Waals surface area contributed by atoms with Gasteiger partial charge < -0.3 is 39.0 Å². The van der Waals surface area contributed by atoms with Crippen LogP contribution in [0, 0.1) is 93.7 Å². The average molecular weight is 1460 g/mol. The van der Waals surface area contributed by atoms with Gasteiger partial charge in [-0.2, -0.15) is 10.5 Å². The number of likely N-dealkylation sites (tertiary alicyclic amines) is 3. The smallest absolute Gasteiger partial charge is 0.237 e. The second-order valence-corrected chi connectivity index (χ2v) is 33.1. The van der Waals surface area contributed by atoms with Crippen LogP contribution in [0.25, 0.3) is 0 Å². The molecule has 18 rings (SSSR count). The van der Waals surface area contributed by atoms with E-state index >= 15 is 0 Å². The van der Waals surface area contributed by atoms with Gasteiger partial charge in [-0.3, -0.25) is 28.8 Å². The molecule has 4 aromatic rings. The van der Waals surface area contributed by atoms with Gasteiger partial charge in [0.25, 0.3) is 0 Å². The minimum absolute atomic E-state index is 0.0638. The Kier molecular flexibility index (Phi) is 21.2. The van der Waals surface area contributed by atoms with Crippen molar-refractivity contribution in [1.82, 2.24) is 20.0 Å². The van der Waals surface area contributed by atoms with Crippen LogP contribution in [0.3, 0.4) is 0 Å². The van der Waals surface area contributed by atoms with Crippen molar-refractivity contribution in [1.29, 1.82) is 10.5 Å². The normalized spacial score (nSPS) is 33.7. The van der Waals surface area contributed by atoms with Gasteiger partial charge in [-0.1, -0.05) is 165 Å². The molecule has 17 heteroatoms. The number of Topliss-reactive ketones (excluding diaryl/α,β-unsaturated/α-hetero) is 2. The molecule has 6 saturated heterocycles. The minimum Gasteiger partial charge on any atom is -0.355 e. The molecule has 0 bridgehead atoms. The number of benzene rings is 4. The molecule has 16 nitrogen and oxygen atoms in total. The first-order chi connectivity index (χ1) is 49.9. The maximum absolute atomic E-state index is 13.8. The highest BCUT2D eigenvalue weighted by Crippen LogP contribution is 2.59. The van der Waals surface area contributed by atoms with Gasteiger partial charge in [0.05, 0.1) is 59.2 Å². The molecular formula is C86H103BrN6O10. The van der Waals surface area contributed by atoms with E-state index in [1.807, 2.05) is 121 Å². The quantitative estimate of drug-likeness (QED) is 0.139. The Labute approximate surface area is 617 Å². The van der Waals surface area contributed by atoms with Crippen LogP contribution >= 0.6 is 15.9 Å². The molecule has 6 aliphatic heterocycles. The number of nitrogens with one attached hydrogen (secondary N) is 1. The lowest BCUT2D eigenvalue weighted by Crippen LogP contribution is -2.64. The van der Waals surface area contributed by atoms with Crippen molar-refractivity contribution >= 4 is 51.1 Å². The summed E-state index contributed by atoms with van der Waals surface area (Å²) in [5, 5.41) is 23.3. The van der Waals surface area contributed by atoms with E-state index in [0.29, 0.717) is 57.3 Å². The van der Waals surface area contributed by atoms with Crippen molar-refractivity contribution in [2.24, 2.45) is 71.0 Å². The highest BCUT2D eigenvalue weighted by molar-refractivity contribution is 9.09. The Balaban J connectivity index is 0.000000113. The lowest BCUT2D eigenvalue weighted by atomic mass is 9.54. The van der Waals surface area contributed by atoms with Crippen molar-refractivity contribution in [2.45, 2.75) is 164 Å². The fraction of sp³-hybridized carbons (Fsp3) is 0.581. The number of amides is 4. The van der Waals surface area contributed by atoms with E-state index < -0.39 is 33.2 Å². The first-order valence-electron chi connectivity index (χ1n) is 38.8. The highest BCUT2D eigenvalue weighted by Gasteiger charge is 2.65. The number of allylic oxidation sites excluding steroid dienone is 2. The molecule has 12 fully saturated rings. The van der Waals surface area contributed by atoms with E-state index in [1.165, 1.54) is 62.3 Å². The van der Waals surface area contributed by atoms with Crippen molar-refractivity contribution in [2.75, 3.05) is 77.6 Å². The van der Waals surface area contributed by atoms with Gasteiger partial charge in [-0.15, -0.1) is 0 Å². The number of hydrogen-bond donors (Lipinski definition) is 1. The molecule has 0 aromatic heterocycles. The fourth-order valence-corrected chi connectivity index (χ4v) is 20.8. The molecule has 103 heavy (non-hydrogen) atoms. The van der Waals surface area contributed by atoms with Gasteiger partial charge in [0.1, 0.15) is 12.1 Å². The first kappa shape index (κ1) is 72.8. The van der Waals surface area contributed by atoms with Crippen molar-refractivity contribution in [3.8, 4) is 12.1 Å². The number of nitriles is 2. The fourth-order valence-electron chi connectivity index (χ4n) is 20.2. The van der Waals surface area contributed by atoms with Crippen LogP contribution in [0.2, 0.25) is 0 Å². The van der Waals surface area contributed by atoms with Crippen LogP contribution in [0.1, 0.15) is 153 Å². The molecule has 6 saturated carbocycles. The monoisotopic (exact) mass is 1460 g/mol. The zero-order valence-electron chi connectivity index (χ0n) is 60.6. The second-order valence-electron chi connectivity index (χ2n) is 32.4. The topological polar surface area (TPSA) is 209 Å². The van der Waals surface area contributed by atoms with E-state index in [-0.39, 0.29) is 87.8 Å². The number of ether oxygens (including phenoxy) is 4. The zero-order valence-corrected chi connectivity index (χ0v) is 62.2. The van der Waals surface area contributed by atoms with Gasteiger partial charge in [-0.25, -0.2) is 0 Å². The summed E-state index contributed by atoms with van der Waals surface area (Å²) in [6.07, 6.45) is 20.5. The largest absolute Gasteiger partial charge is 0.355 e. The maximum atomic E-state index is 13.8. The number of carbonyl (C=O) groups is 6. The van der Waals surface area contributed by atoms with Crippen LogP contribution < -0.4 is 5.32 Å². The first-order valence-corrected chi connectivity index (χ1v) is 39.9. The van der Waals surface area contributed by atoms with Crippen molar-refractivity contribution in [3.05, 3.63) is 167 Å². The lowest BCUT2D eigenvalue weighted by molar-refractivity contribution is -0.238. The Bertz CT molecular complexity index is 3790. The molecule has 6 heterocycles. The van der Waals surface area contributed by atoms with E-state index in [2.05, 4.69) is 76.4 Å². The number of carbonyl (C=O) groups excluding carboxylic acids is 6. The molecular weight excluding hydrogens is 1360 g/mol. The second kappa shape index (κ2) is 30.0. The van der Waals surface area contributed by atoms with Crippen LogP contribution in [0.4, 0.5) is 0 Å². The van der Waals surface area contributed by atoms with E-state index in [9.17, 15) is 39.3 Å². The summed E-state index contributed by atoms with van der Waals surface area (Å²) in [6, 6.07) is 44.2. The molecule has 544 valence electrons. The molecule has 14 aliphatic rings. The van der Waals surface area contributed by atoms with Crippen LogP contribution in [-0.2, 0) is 69.4 Å². The third-order valence-electron chi connectivity index (χ3n) is 26.6. The number of nitrogens with zero attached hydrogens (tertiary/aromatic N) is 5. The number of halogens is 1. The molecule has 8 aliphatic carbocycles. The highest BCUT2D eigenvalue weighted by atomic mass is 79.9. The predicted molar refractivity (Wildman–Crippen MR) is 394 cm³/mol. The Morgan fingerprint density at radius 3 is 1.13 bits per heavy atom. The average Bonchev–Trinajstić information content (AvgIpc) is 1.14. The standard InChI is InChI=1S/C22H29NO3.2C21H22N2O2.C18H23NO3.C4H7Br/c1-16-19-9-12-23(15-17-7-8-17)20(24)21(19,18-5-3-2-4-6-18)10-11-22(16)25-13-14-26-22;2*1-14-18-9-10-23(13-15-7-8-15)20(25)21(18,11-16(12-22)19(14)24)17-5-3-2-4-6-17;1-13-15-7-10-19-16(20)17(15,14-5-3-2-4-6-14)8-9-18(13)21-11-12-22-18;5-3-4-1-2-4/h2-6,16-17,19H,7-15H2,1H3;2*2-6,11,14-15,18H,7-10,13H2,1H3;2-6,13,15H,7-12H2,1H3,(H,19,20);4H,1-3H2/t16-,19-,21+;2*14-,18-,21+;13-,15-,17+;/m0100./s1. The van der Waals surface area contributed by atoms with Gasteiger partial charge in [0.15, 0.2) is 23.1 Å². The van der Waals surface area contributed by atoms with Gasteiger partial charge >= 0.3 is 0 Å². The molecule has 2 spiro atoms. The number of ketones is 2. The van der Waals surface area contributed by atoms with Crippen molar-refractivity contribution < 1.29 is 47.7 Å². The summed E-state index contributed by atoms with van der Waals surface area (Å²) >= 11 is 3.38. The molecule has 12 atom stereocenters. The SMILES string of the molecule is BrCC1CC1.C[C@@H]1C(=O)C(C#N)=C[C@]2(c3ccccc3)C(=O)N(CC3CC3)CC[C@@H]12.C[C@H]1C(=O)C(C#N)=C[C@@]2(c3ccccc3)C(=O)N(CC3CC3)CC[C@H]12.C[C@H]1[C@@H]2CCN(CC3CC3)C(=O)[C@@]2(c2ccccc2)CCC12OCCO2.C[C@H]1[C@@H]2CCNC(=O)[C@@]2(c2ccccc2)CCC12OCCO2. The third kappa shape index (κ3) is 13.5. The molecule has 4 aromatic carbocycles.